The Hall–Kier alpha value is -2.51. The quantitative estimate of drug-likeness (QED) is 0.488. The van der Waals surface area contributed by atoms with Gasteiger partial charge in [0.25, 0.3) is 0 Å². The van der Waals surface area contributed by atoms with E-state index in [0.29, 0.717) is 0 Å². The molecule has 2 aliphatic heterocycles. The molecule has 7 heteroatoms. The average Bonchev–Trinajstić information content (AvgIpc) is 3.33. The Morgan fingerprint density at radius 1 is 1.06 bits per heavy atom. The number of anilines is 1. The number of carbonyl (C=O) groups is 1. The number of fused-ring (bicyclic) bond motifs is 1. The molecule has 0 saturated carbocycles. The van der Waals surface area contributed by atoms with Gasteiger partial charge in [0.2, 0.25) is 5.91 Å². The number of hydrogen-bond acceptors (Lipinski definition) is 6. The van der Waals surface area contributed by atoms with E-state index in [1.807, 2.05) is 18.3 Å². The van der Waals surface area contributed by atoms with Crippen molar-refractivity contribution in [3.05, 3.63) is 54.2 Å². The van der Waals surface area contributed by atoms with Crippen LogP contribution < -0.4 is 10.2 Å². The van der Waals surface area contributed by atoms with Crippen LogP contribution >= 0.6 is 11.3 Å². The van der Waals surface area contributed by atoms with Crippen molar-refractivity contribution in [2.24, 2.45) is 11.8 Å². The van der Waals surface area contributed by atoms with Crippen LogP contribution in [0.15, 0.2) is 48.7 Å². The third-order valence-electron chi connectivity index (χ3n) is 7.24. The minimum absolute atomic E-state index is 0.0439. The van der Waals surface area contributed by atoms with E-state index in [9.17, 15) is 4.79 Å². The molecule has 4 heterocycles. The molecule has 5 rings (SSSR count). The predicted molar refractivity (Wildman–Crippen MR) is 139 cm³/mol. The zero-order chi connectivity index (χ0) is 23.2. The van der Waals surface area contributed by atoms with Crippen molar-refractivity contribution < 1.29 is 4.79 Å². The number of carbonyl (C=O) groups excluding carboxylic acids is 1. The second kappa shape index (κ2) is 11.3. The molecule has 0 aliphatic carbocycles. The van der Waals surface area contributed by atoms with E-state index < -0.39 is 0 Å². The van der Waals surface area contributed by atoms with E-state index in [2.05, 4.69) is 50.4 Å². The lowest BCUT2D eigenvalue weighted by molar-refractivity contribution is -0.125. The van der Waals surface area contributed by atoms with Crippen molar-refractivity contribution in [3.8, 4) is 0 Å². The van der Waals surface area contributed by atoms with Crippen LogP contribution in [-0.4, -0.2) is 60.0 Å². The number of hydrogen-bond donors (Lipinski definition) is 1. The number of aromatic nitrogens is 2. The number of amides is 1. The Bertz CT molecular complexity index is 1030. The van der Waals surface area contributed by atoms with Crippen LogP contribution in [0.5, 0.6) is 0 Å². The first kappa shape index (κ1) is 23.2. The van der Waals surface area contributed by atoms with Gasteiger partial charge in [0.05, 0.1) is 5.92 Å². The molecule has 3 aromatic rings. The highest BCUT2D eigenvalue weighted by Gasteiger charge is 2.27. The first-order chi connectivity index (χ1) is 16.7. The summed E-state index contributed by atoms with van der Waals surface area (Å²) < 4.78 is 0. The van der Waals surface area contributed by atoms with Gasteiger partial charge in [-0.15, -0.1) is 0 Å². The normalized spacial score (nSPS) is 20.0. The fourth-order valence-corrected chi connectivity index (χ4v) is 6.22. The first-order valence-electron chi connectivity index (χ1n) is 12.7. The van der Waals surface area contributed by atoms with Gasteiger partial charge in [-0.3, -0.25) is 4.79 Å². The van der Waals surface area contributed by atoms with E-state index in [-0.39, 0.29) is 11.8 Å². The number of piperidine rings is 2. The second-order valence-electron chi connectivity index (χ2n) is 9.73. The maximum Gasteiger partial charge on any atom is 0.224 e. The molecule has 1 unspecified atom stereocenters. The molecule has 2 aromatic heterocycles. The molecule has 2 saturated heterocycles. The van der Waals surface area contributed by atoms with Gasteiger partial charge in [-0.05, 0) is 81.8 Å². The highest BCUT2D eigenvalue weighted by atomic mass is 32.1. The first-order valence-corrected chi connectivity index (χ1v) is 13.6. The van der Waals surface area contributed by atoms with E-state index in [1.54, 1.807) is 11.3 Å². The van der Waals surface area contributed by atoms with Gasteiger partial charge in [0, 0.05) is 25.8 Å². The summed E-state index contributed by atoms with van der Waals surface area (Å²) in [5, 5.41) is 4.20. The number of pyridine rings is 1. The summed E-state index contributed by atoms with van der Waals surface area (Å²) in [5.74, 6) is 1.05. The Balaban J connectivity index is 1.01. The minimum atomic E-state index is 0.0439. The van der Waals surface area contributed by atoms with Crippen LogP contribution in [0, 0.1) is 11.8 Å². The van der Waals surface area contributed by atoms with Gasteiger partial charge < -0.3 is 15.1 Å². The van der Waals surface area contributed by atoms with E-state index in [1.165, 1.54) is 37.9 Å². The zero-order valence-corrected chi connectivity index (χ0v) is 20.7. The van der Waals surface area contributed by atoms with Crippen LogP contribution in [0.1, 0.15) is 37.7 Å². The summed E-state index contributed by atoms with van der Waals surface area (Å²) in [6.45, 7) is 5.92. The van der Waals surface area contributed by atoms with E-state index >= 15 is 0 Å². The number of nitrogens with zero attached hydrogens (tertiary/aromatic N) is 4. The lowest BCUT2D eigenvalue weighted by Crippen LogP contribution is -2.43. The average molecular weight is 478 g/mol. The second-order valence-corrected chi connectivity index (χ2v) is 10.7. The largest absolute Gasteiger partial charge is 0.356 e. The van der Waals surface area contributed by atoms with Crippen molar-refractivity contribution in [2.75, 3.05) is 44.2 Å². The zero-order valence-electron chi connectivity index (χ0n) is 19.9. The van der Waals surface area contributed by atoms with Gasteiger partial charge in [-0.1, -0.05) is 41.7 Å². The fourth-order valence-electron chi connectivity index (χ4n) is 5.28. The van der Waals surface area contributed by atoms with Gasteiger partial charge in [-0.2, -0.15) is 0 Å². The molecule has 34 heavy (non-hydrogen) atoms. The monoisotopic (exact) mass is 477 g/mol. The summed E-state index contributed by atoms with van der Waals surface area (Å²) in [7, 11) is 0. The maximum atomic E-state index is 12.8. The van der Waals surface area contributed by atoms with E-state index in [0.717, 1.165) is 66.8 Å². The maximum absolute atomic E-state index is 12.8. The summed E-state index contributed by atoms with van der Waals surface area (Å²) >= 11 is 1.62. The molecule has 2 fully saturated rings. The third-order valence-corrected chi connectivity index (χ3v) is 8.28. The Labute approximate surface area is 206 Å². The summed E-state index contributed by atoms with van der Waals surface area (Å²) in [5.41, 5.74) is 2.41. The fraction of sp³-hybridized carbons (Fsp3) is 0.519. The van der Waals surface area contributed by atoms with Crippen molar-refractivity contribution in [2.45, 2.75) is 38.5 Å². The molecule has 0 spiro atoms. The van der Waals surface area contributed by atoms with Gasteiger partial charge in [0.1, 0.15) is 10.3 Å². The van der Waals surface area contributed by atoms with Crippen molar-refractivity contribution >= 4 is 32.7 Å². The molecule has 1 N–H and O–H groups in total. The standard InChI is InChI=1S/C27H35N5OS/c33-25(23-9-5-16-32(20-23)27-30-24-10-4-13-29-26(24)34-27)28-14-6-15-31-17-11-22(12-18-31)19-21-7-2-1-3-8-21/h1-4,7-8,10,13,22-23H,5-6,9,11-12,14-20H2,(H,28,33). The summed E-state index contributed by atoms with van der Waals surface area (Å²) in [6, 6.07) is 14.8. The van der Waals surface area contributed by atoms with Crippen molar-refractivity contribution in [1.29, 1.82) is 0 Å². The van der Waals surface area contributed by atoms with Crippen LogP contribution in [-0.2, 0) is 11.2 Å². The molecule has 0 radical (unpaired) electrons. The van der Waals surface area contributed by atoms with Gasteiger partial charge >= 0.3 is 0 Å². The van der Waals surface area contributed by atoms with E-state index in [4.69, 9.17) is 4.98 Å². The van der Waals surface area contributed by atoms with Crippen molar-refractivity contribution in [1.82, 2.24) is 20.2 Å². The number of thiazole rings is 1. The molecular formula is C27H35N5OS. The summed E-state index contributed by atoms with van der Waals surface area (Å²) in [6.07, 6.45) is 8.58. The minimum Gasteiger partial charge on any atom is -0.356 e. The Kier molecular flexibility index (Phi) is 7.71. The highest BCUT2D eigenvalue weighted by Crippen LogP contribution is 2.30. The van der Waals surface area contributed by atoms with Crippen LogP contribution in [0.4, 0.5) is 5.13 Å². The third kappa shape index (κ3) is 5.94. The lowest BCUT2D eigenvalue weighted by Gasteiger charge is -2.32. The smallest absolute Gasteiger partial charge is 0.224 e. The molecule has 1 amide bonds. The molecule has 0 bridgehead atoms. The predicted octanol–water partition coefficient (Wildman–Crippen LogP) is 4.37. The number of rotatable bonds is 8. The molecule has 6 nitrogen and oxygen atoms in total. The van der Waals surface area contributed by atoms with Crippen molar-refractivity contribution in [3.63, 3.8) is 0 Å². The molecule has 1 aromatic carbocycles. The molecule has 180 valence electrons. The summed E-state index contributed by atoms with van der Waals surface area (Å²) in [4.78, 5) is 27.8. The number of likely N-dealkylation sites (tertiary alicyclic amines) is 1. The van der Waals surface area contributed by atoms with Gasteiger partial charge in [0.15, 0.2) is 5.13 Å². The van der Waals surface area contributed by atoms with Gasteiger partial charge in [-0.25, -0.2) is 9.97 Å². The topological polar surface area (TPSA) is 61.4 Å². The van der Waals surface area contributed by atoms with Crippen LogP contribution in [0.3, 0.4) is 0 Å². The van der Waals surface area contributed by atoms with Crippen LogP contribution in [0.25, 0.3) is 10.3 Å². The Morgan fingerprint density at radius 3 is 2.74 bits per heavy atom. The number of benzene rings is 1. The molecule has 2 aliphatic rings. The number of nitrogens with one attached hydrogen (secondary N) is 1. The molecular weight excluding hydrogens is 442 g/mol. The lowest BCUT2D eigenvalue weighted by atomic mass is 9.90. The van der Waals surface area contributed by atoms with Crippen LogP contribution in [0.2, 0.25) is 0 Å². The highest BCUT2D eigenvalue weighted by molar-refractivity contribution is 7.21. The SMILES string of the molecule is O=C(NCCCN1CCC(Cc2ccccc2)CC1)C1CCCN(c2nc3cccnc3s2)C1. The molecule has 1 atom stereocenters. The Morgan fingerprint density at radius 2 is 1.91 bits per heavy atom.